The molecular weight excluding hydrogens is 593 g/mol. The number of hydrogen-bond acceptors (Lipinski definition) is 5. The number of hydrogen-bond donors (Lipinski definition) is 1. The summed E-state index contributed by atoms with van der Waals surface area (Å²) in [5.41, 5.74) is 4.35. The zero-order valence-electron chi connectivity index (χ0n) is 22.2. The van der Waals surface area contributed by atoms with Crippen LogP contribution in [0.5, 0.6) is 5.75 Å². The molecule has 5 aromatic carbocycles. The number of carbonyl (C=O) groups is 1. The van der Waals surface area contributed by atoms with Crippen molar-refractivity contribution in [1.82, 2.24) is 5.43 Å². The van der Waals surface area contributed by atoms with Crippen LogP contribution in [-0.4, -0.2) is 27.1 Å². The Hall–Kier alpha value is -4.37. The van der Waals surface area contributed by atoms with Gasteiger partial charge in [-0.25, -0.2) is 13.8 Å². The third kappa shape index (κ3) is 7.09. The lowest BCUT2D eigenvalue weighted by Gasteiger charge is -2.24. The van der Waals surface area contributed by atoms with Crippen molar-refractivity contribution < 1.29 is 17.9 Å². The maximum atomic E-state index is 13.4. The number of sulfonamides is 1. The van der Waals surface area contributed by atoms with Gasteiger partial charge in [0.2, 0.25) is 0 Å². The predicted octanol–water partition coefficient (Wildman–Crippen LogP) is 7.07. The molecular formula is C32H25Cl2N3O4S. The SMILES string of the molecule is O=C(CN(c1ccc(Cl)c(Cl)c1)S(=O)(=O)c1ccccc1)N/N=C\c1ccc(OCc2ccc3ccccc3c2)cc1. The fourth-order valence-electron chi connectivity index (χ4n) is 4.16. The van der Waals surface area contributed by atoms with Crippen molar-refractivity contribution in [3.05, 3.63) is 136 Å². The van der Waals surface area contributed by atoms with Crippen molar-refractivity contribution in [3.63, 3.8) is 0 Å². The number of rotatable bonds is 10. The van der Waals surface area contributed by atoms with Gasteiger partial charge in [0, 0.05) is 0 Å². The second-order valence-corrected chi connectivity index (χ2v) is 11.9. The molecule has 0 aliphatic rings. The van der Waals surface area contributed by atoms with E-state index in [-0.39, 0.29) is 20.6 Å². The van der Waals surface area contributed by atoms with Crippen LogP contribution in [0.15, 0.2) is 125 Å². The Labute approximate surface area is 254 Å². The van der Waals surface area contributed by atoms with Crippen molar-refractivity contribution in [2.75, 3.05) is 10.8 Å². The summed E-state index contributed by atoms with van der Waals surface area (Å²) in [5.74, 6) is 0.0416. The van der Waals surface area contributed by atoms with E-state index in [9.17, 15) is 13.2 Å². The van der Waals surface area contributed by atoms with Crippen LogP contribution in [0.3, 0.4) is 0 Å². The Bertz CT molecular complexity index is 1850. The van der Waals surface area contributed by atoms with Gasteiger partial charge >= 0.3 is 0 Å². The summed E-state index contributed by atoms with van der Waals surface area (Å²) in [6.07, 6.45) is 1.46. The lowest BCUT2D eigenvalue weighted by Crippen LogP contribution is -2.39. The molecule has 42 heavy (non-hydrogen) atoms. The van der Waals surface area contributed by atoms with E-state index in [2.05, 4.69) is 34.8 Å². The van der Waals surface area contributed by atoms with Crippen LogP contribution < -0.4 is 14.5 Å². The van der Waals surface area contributed by atoms with Crippen molar-refractivity contribution >= 4 is 61.8 Å². The van der Waals surface area contributed by atoms with E-state index in [0.717, 1.165) is 15.3 Å². The number of nitrogens with zero attached hydrogens (tertiary/aromatic N) is 2. The first kappa shape index (κ1) is 29.1. The van der Waals surface area contributed by atoms with Gasteiger partial charge < -0.3 is 4.74 Å². The van der Waals surface area contributed by atoms with E-state index in [1.165, 1.54) is 41.9 Å². The number of halogens is 2. The van der Waals surface area contributed by atoms with Gasteiger partial charge in [0.05, 0.1) is 26.8 Å². The largest absolute Gasteiger partial charge is 0.489 e. The molecule has 0 bridgehead atoms. The molecule has 0 aliphatic heterocycles. The Morgan fingerprint density at radius 1 is 0.810 bits per heavy atom. The fourth-order valence-corrected chi connectivity index (χ4v) is 5.89. The number of nitrogens with one attached hydrogen (secondary N) is 1. The molecule has 0 fully saturated rings. The van der Waals surface area contributed by atoms with E-state index < -0.39 is 22.5 Å². The summed E-state index contributed by atoms with van der Waals surface area (Å²) in [5, 5.41) is 6.75. The van der Waals surface area contributed by atoms with Crippen molar-refractivity contribution in [3.8, 4) is 5.75 Å². The summed E-state index contributed by atoms with van der Waals surface area (Å²) < 4.78 is 33.7. The minimum Gasteiger partial charge on any atom is -0.489 e. The predicted molar refractivity (Wildman–Crippen MR) is 168 cm³/mol. The standard InChI is InChI=1S/C32H25Cl2N3O4S/c33-30-17-14-27(19-31(30)34)37(42(39,40)29-8-2-1-3-9-29)21-32(38)36-35-20-23-11-15-28(16-12-23)41-22-24-10-13-25-6-4-5-7-26(25)18-24/h1-20H,21-22H2,(H,36,38)/b35-20-. The molecule has 0 saturated heterocycles. The second-order valence-electron chi connectivity index (χ2n) is 9.26. The van der Waals surface area contributed by atoms with Gasteiger partial charge in [0.15, 0.2) is 0 Å². The number of fused-ring (bicyclic) bond motifs is 1. The van der Waals surface area contributed by atoms with E-state index in [1.54, 1.807) is 30.3 Å². The van der Waals surface area contributed by atoms with E-state index >= 15 is 0 Å². The zero-order valence-corrected chi connectivity index (χ0v) is 24.5. The highest BCUT2D eigenvalue weighted by atomic mass is 35.5. The van der Waals surface area contributed by atoms with Crippen molar-refractivity contribution in [1.29, 1.82) is 0 Å². The number of ether oxygens (including phenoxy) is 1. The first-order chi connectivity index (χ1) is 20.3. The number of carbonyl (C=O) groups excluding carboxylic acids is 1. The van der Waals surface area contributed by atoms with E-state index in [4.69, 9.17) is 27.9 Å². The Balaban J connectivity index is 1.21. The average molecular weight is 619 g/mol. The first-order valence-corrected chi connectivity index (χ1v) is 15.0. The van der Waals surface area contributed by atoms with Gasteiger partial charge in [-0.15, -0.1) is 0 Å². The smallest absolute Gasteiger partial charge is 0.264 e. The summed E-state index contributed by atoms with van der Waals surface area (Å²) in [4.78, 5) is 12.8. The molecule has 0 spiro atoms. The Morgan fingerprint density at radius 2 is 1.52 bits per heavy atom. The summed E-state index contributed by atoms with van der Waals surface area (Å²) in [7, 11) is -4.09. The molecule has 1 N–H and O–H groups in total. The normalized spacial score (nSPS) is 11.5. The van der Waals surface area contributed by atoms with Gasteiger partial charge in [-0.2, -0.15) is 5.10 Å². The highest BCUT2D eigenvalue weighted by Gasteiger charge is 2.27. The van der Waals surface area contributed by atoms with Crippen molar-refractivity contribution in [2.45, 2.75) is 11.5 Å². The second kappa shape index (κ2) is 13.1. The van der Waals surface area contributed by atoms with Gasteiger partial charge in [-0.05, 0) is 82.6 Å². The summed E-state index contributed by atoms with van der Waals surface area (Å²) in [6, 6.07) is 33.7. The van der Waals surface area contributed by atoms with Crippen LogP contribution in [0.2, 0.25) is 10.0 Å². The van der Waals surface area contributed by atoms with Crippen LogP contribution in [0.25, 0.3) is 10.8 Å². The van der Waals surface area contributed by atoms with Crippen LogP contribution in [0.1, 0.15) is 11.1 Å². The lowest BCUT2D eigenvalue weighted by atomic mass is 10.1. The number of amides is 1. The Kier molecular flexibility index (Phi) is 9.07. The number of anilines is 1. The molecule has 0 aliphatic carbocycles. The third-order valence-corrected chi connectivity index (χ3v) is 8.84. The number of hydrazone groups is 1. The highest BCUT2D eigenvalue weighted by molar-refractivity contribution is 7.92. The molecule has 5 aromatic rings. The quantitative estimate of drug-likeness (QED) is 0.134. The minimum absolute atomic E-state index is 0.0234. The maximum Gasteiger partial charge on any atom is 0.264 e. The van der Waals surface area contributed by atoms with Gasteiger partial charge in [-0.1, -0.05) is 77.8 Å². The average Bonchev–Trinajstić information content (AvgIpc) is 3.01. The van der Waals surface area contributed by atoms with Gasteiger partial charge in [0.25, 0.3) is 15.9 Å². The molecule has 0 saturated carbocycles. The molecule has 0 unspecified atom stereocenters. The molecule has 212 valence electrons. The van der Waals surface area contributed by atoms with Gasteiger partial charge in [-0.3, -0.25) is 9.10 Å². The maximum absolute atomic E-state index is 13.4. The summed E-state index contributed by atoms with van der Waals surface area (Å²) in [6.45, 7) is -0.108. The monoisotopic (exact) mass is 617 g/mol. The van der Waals surface area contributed by atoms with Crippen molar-refractivity contribution in [2.24, 2.45) is 5.10 Å². The zero-order chi connectivity index (χ0) is 29.5. The van der Waals surface area contributed by atoms with Crippen LogP contribution in [-0.2, 0) is 21.4 Å². The molecule has 5 rings (SSSR count). The molecule has 0 heterocycles. The van der Waals surface area contributed by atoms with Crippen LogP contribution in [0, 0.1) is 0 Å². The third-order valence-electron chi connectivity index (χ3n) is 6.31. The molecule has 0 radical (unpaired) electrons. The molecule has 0 atom stereocenters. The topological polar surface area (TPSA) is 88.1 Å². The summed E-state index contributed by atoms with van der Waals surface area (Å²) >= 11 is 12.2. The van der Waals surface area contributed by atoms with Gasteiger partial charge in [0.1, 0.15) is 18.9 Å². The first-order valence-electron chi connectivity index (χ1n) is 12.8. The van der Waals surface area contributed by atoms with Crippen LogP contribution in [0.4, 0.5) is 5.69 Å². The molecule has 7 nitrogen and oxygen atoms in total. The lowest BCUT2D eigenvalue weighted by molar-refractivity contribution is -0.119. The fraction of sp³-hybridized carbons (Fsp3) is 0.0625. The minimum atomic E-state index is -4.09. The highest BCUT2D eigenvalue weighted by Crippen LogP contribution is 2.30. The number of benzene rings is 5. The Morgan fingerprint density at radius 3 is 2.26 bits per heavy atom. The van der Waals surface area contributed by atoms with E-state index in [1.807, 2.05) is 30.3 Å². The van der Waals surface area contributed by atoms with Crippen LogP contribution >= 0.6 is 23.2 Å². The van der Waals surface area contributed by atoms with E-state index in [0.29, 0.717) is 17.9 Å². The molecule has 0 aromatic heterocycles. The molecule has 1 amide bonds. The molecule has 10 heteroatoms.